The molecule has 0 aliphatic rings. The van der Waals surface area contributed by atoms with Crippen LogP contribution < -0.4 is 0 Å². The Labute approximate surface area is 247 Å². The molecule has 1 nitrogen and oxygen atoms in total. The Morgan fingerprint density at radius 1 is 0.326 bits per heavy atom. The van der Waals surface area contributed by atoms with Crippen molar-refractivity contribution in [3.63, 3.8) is 0 Å². The molecule has 0 bridgehead atoms. The van der Waals surface area contributed by atoms with Crippen molar-refractivity contribution >= 4 is 75.8 Å². The predicted octanol–water partition coefficient (Wildman–Crippen LogP) is 12.1. The Morgan fingerprint density at radius 2 is 0.884 bits per heavy atom. The molecule has 9 aromatic carbocycles. The summed E-state index contributed by atoms with van der Waals surface area (Å²) in [7, 11) is 0. The predicted molar refractivity (Wildman–Crippen MR) is 183 cm³/mol. The van der Waals surface area contributed by atoms with Gasteiger partial charge in [0, 0.05) is 10.8 Å². The minimum Gasteiger partial charge on any atom is -0.456 e. The summed E-state index contributed by atoms with van der Waals surface area (Å²) in [6, 6.07) is 53.2. The Bertz CT molecular complexity index is 2670. The third-order valence-electron chi connectivity index (χ3n) is 9.38. The molecule has 198 valence electrons. The summed E-state index contributed by atoms with van der Waals surface area (Å²) < 4.78 is 6.32. The van der Waals surface area contributed by atoms with Gasteiger partial charge in [-0.25, -0.2) is 0 Å². The molecule has 0 aliphatic heterocycles. The van der Waals surface area contributed by atoms with Gasteiger partial charge in [0.2, 0.25) is 0 Å². The van der Waals surface area contributed by atoms with Crippen LogP contribution in [-0.4, -0.2) is 0 Å². The lowest BCUT2D eigenvalue weighted by Gasteiger charge is -2.19. The van der Waals surface area contributed by atoms with E-state index >= 15 is 0 Å². The second-order valence-electron chi connectivity index (χ2n) is 11.6. The molecule has 0 amide bonds. The topological polar surface area (TPSA) is 13.1 Å². The highest BCUT2D eigenvalue weighted by atomic mass is 16.3. The minimum atomic E-state index is 0.944. The summed E-state index contributed by atoms with van der Waals surface area (Å²) in [5.41, 5.74) is 6.94. The molecule has 1 aromatic heterocycles. The Balaban J connectivity index is 1.34. The minimum absolute atomic E-state index is 0.944. The van der Waals surface area contributed by atoms with E-state index in [0.717, 1.165) is 11.2 Å². The first kappa shape index (κ1) is 23.0. The molecule has 0 spiro atoms. The van der Waals surface area contributed by atoms with Crippen LogP contribution in [0.2, 0.25) is 0 Å². The van der Waals surface area contributed by atoms with Crippen molar-refractivity contribution < 1.29 is 4.42 Å². The molecule has 1 heterocycles. The van der Waals surface area contributed by atoms with Gasteiger partial charge in [-0.15, -0.1) is 0 Å². The molecule has 0 N–H and O–H groups in total. The van der Waals surface area contributed by atoms with E-state index in [1.54, 1.807) is 0 Å². The van der Waals surface area contributed by atoms with Crippen molar-refractivity contribution in [2.45, 2.75) is 0 Å². The van der Waals surface area contributed by atoms with E-state index in [9.17, 15) is 0 Å². The SMILES string of the molecule is c1ccc2c(c1)ccc1cc(-c3c4ccccc4c(-c4cc5cccc6oc7cccc4c7c56)c4ccccc34)ccc12. The van der Waals surface area contributed by atoms with E-state index in [-0.39, 0.29) is 0 Å². The molecule has 0 radical (unpaired) electrons. The van der Waals surface area contributed by atoms with Gasteiger partial charge in [0.25, 0.3) is 0 Å². The summed E-state index contributed by atoms with van der Waals surface area (Å²) >= 11 is 0. The van der Waals surface area contributed by atoms with Crippen molar-refractivity contribution in [3.05, 3.63) is 146 Å². The van der Waals surface area contributed by atoms with Crippen LogP contribution in [0.25, 0.3) is 98.1 Å². The third kappa shape index (κ3) is 3.11. The Hall–Kier alpha value is -5.66. The lowest BCUT2D eigenvalue weighted by atomic mass is 9.83. The van der Waals surface area contributed by atoms with Gasteiger partial charge < -0.3 is 4.42 Å². The largest absolute Gasteiger partial charge is 0.456 e. The second-order valence-corrected chi connectivity index (χ2v) is 11.6. The fourth-order valence-corrected chi connectivity index (χ4v) is 7.58. The molecule has 1 heteroatoms. The molecular formula is C42H24O. The number of benzene rings is 9. The van der Waals surface area contributed by atoms with Crippen LogP contribution in [0.5, 0.6) is 0 Å². The molecule has 0 atom stereocenters. The maximum absolute atomic E-state index is 6.32. The second kappa shape index (κ2) is 8.44. The standard InChI is InChI=1S/C42H24O/c1-2-11-29-25(9-1)19-20-26-23-28(21-22-30(26)29)39-31-12-3-5-14-33(31)41(34-15-6-4-13-32(34)39)36-24-27-10-7-17-37-40(27)42-35(36)16-8-18-38(42)43-37/h1-24H. The van der Waals surface area contributed by atoms with Crippen LogP contribution >= 0.6 is 0 Å². The van der Waals surface area contributed by atoms with Crippen molar-refractivity contribution in [2.24, 2.45) is 0 Å². The summed E-state index contributed by atoms with van der Waals surface area (Å²) in [5, 5.41) is 15.0. The first-order valence-corrected chi connectivity index (χ1v) is 14.9. The zero-order valence-electron chi connectivity index (χ0n) is 23.3. The number of hydrogen-bond acceptors (Lipinski definition) is 1. The zero-order chi connectivity index (χ0) is 28.1. The molecular weight excluding hydrogens is 520 g/mol. The van der Waals surface area contributed by atoms with Crippen LogP contribution in [0.4, 0.5) is 0 Å². The molecule has 0 fully saturated rings. The summed E-state index contributed by atoms with van der Waals surface area (Å²) in [6.07, 6.45) is 0. The van der Waals surface area contributed by atoms with Crippen LogP contribution in [0.3, 0.4) is 0 Å². The highest BCUT2D eigenvalue weighted by Gasteiger charge is 2.21. The van der Waals surface area contributed by atoms with E-state index in [1.807, 2.05) is 0 Å². The van der Waals surface area contributed by atoms with Gasteiger partial charge in [-0.3, -0.25) is 0 Å². The van der Waals surface area contributed by atoms with E-state index < -0.39 is 0 Å². The van der Waals surface area contributed by atoms with Crippen LogP contribution in [0.15, 0.2) is 150 Å². The highest BCUT2D eigenvalue weighted by Crippen LogP contribution is 2.48. The number of rotatable bonds is 2. The molecule has 0 aliphatic carbocycles. The maximum atomic E-state index is 6.32. The average Bonchev–Trinajstić information content (AvgIpc) is 3.46. The summed E-state index contributed by atoms with van der Waals surface area (Å²) in [6.45, 7) is 0. The average molecular weight is 545 g/mol. The molecule has 43 heavy (non-hydrogen) atoms. The van der Waals surface area contributed by atoms with Crippen molar-refractivity contribution in [1.82, 2.24) is 0 Å². The number of hydrogen-bond donors (Lipinski definition) is 0. The van der Waals surface area contributed by atoms with Gasteiger partial charge >= 0.3 is 0 Å². The molecule has 0 saturated heterocycles. The quantitative estimate of drug-likeness (QED) is 0.156. The molecule has 0 unspecified atom stereocenters. The van der Waals surface area contributed by atoms with Gasteiger partial charge in [-0.05, 0) is 100 Å². The van der Waals surface area contributed by atoms with Crippen molar-refractivity contribution in [3.8, 4) is 22.3 Å². The summed E-state index contributed by atoms with van der Waals surface area (Å²) in [5.74, 6) is 0. The number of furan rings is 1. The first-order valence-electron chi connectivity index (χ1n) is 14.9. The van der Waals surface area contributed by atoms with E-state index in [1.165, 1.54) is 86.9 Å². The van der Waals surface area contributed by atoms with Gasteiger partial charge in [-0.1, -0.05) is 121 Å². The third-order valence-corrected chi connectivity index (χ3v) is 9.38. The first-order chi connectivity index (χ1) is 21.3. The van der Waals surface area contributed by atoms with Crippen LogP contribution in [0.1, 0.15) is 0 Å². The van der Waals surface area contributed by atoms with E-state index in [4.69, 9.17) is 4.42 Å². The smallest absolute Gasteiger partial charge is 0.136 e. The van der Waals surface area contributed by atoms with Crippen molar-refractivity contribution in [1.29, 1.82) is 0 Å². The lowest BCUT2D eigenvalue weighted by molar-refractivity contribution is 0.669. The fraction of sp³-hybridized carbons (Fsp3) is 0. The zero-order valence-corrected chi connectivity index (χ0v) is 23.3. The van der Waals surface area contributed by atoms with Gasteiger partial charge in [0.15, 0.2) is 0 Å². The van der Waals surface area contributed by atoms with Crippen LogP contribution in [-0.2, 0) is 0 Å². The monoisotopic (exact) mass is 544 g/mol. The van der Waals surface area contributed by atoms with E-state index in [2.05, 4.69) is 146 Å². The summed E-state index contributed by atoms with van der Waals surface area (Å²) in [4.78, 5) is 0. The van der Waals surface area contributed by atoms with Crippen LogP contribution in [0, 0.1) is 0 Å². The maximum Gasteiger partial charge on any atom is 0.136 e. The lowest BCUT2D eigenvalue weighted by Crippen LogP contribution is -1.92. The number of fused-ring (bicyclic) bond motifs is 5. The van der Waals surface area contributed by atoms with E-state index in [0.29, 0.717) is 0 Å². The van der Waals surface area contributed by atoms with Gasteiger partial charge in [0.1, 0.15) is 11.2 Å². The highest BCUT2D eigenvalue weighted by molar-refractivity contribution is 6.30. The van der Waals surface area contributed by atoms with Gasteiger partial charge in [0.05, 0.1) is 0 Å². The normalized spacial score (nSPS) is 12.2. The van der Waals surface area contributed by atoms with Crippen molar-refractivity contribution in [2.75, 3.05) is 0 Å². The van der Waals surface area contributed by atoms with Gasteiger partial charge in [-0.2, -0.15) is 0 Å². The molecule has 10 rings (SSSR count). The molecule has 10 aromatic rings. The Morgan fingerprint density at radius 3 is 1.65 bits per heavy atom. The Kier molecular flexibility index (Phi) is 4.51. The fourth-order valence-electron chi connectivity index (χ4n) is 7.58. The molecule has 0 saturated carbocycles.